The van der Waals surface area contributed by atoms with Crippen molar-refractivity contribution in [2.24, 2.45) is 0 Å². The van der Waals surface area contributed by atoms with Crippen molar-refractivity contribution in [2.75, 3.05) is 13.6 Å². The number of aryl methyl sites for hydroxylation is 1. The summed E-state index contributed by atoms with van der Waals surface area (Å²) in [5, 5.41) is 3.21. The molecule has 1 amide bonds. The fourth-order valence-electron chi connectivity index (χ4n) is 3.35. The maximum absolute atomic E-state index is 12.4. The van der Waals surface area contributed by atoms with Gasteiger partial charge in [-0.3, -0.25) is 9.69 Å². The van der Waals surface area contributed by atoms with Crippen LogP contribution in [0, 0.1) is 0 Å². The first-order valence-corrected chi connectivity index (χ1v) is 9.21. The lowest BCUT2D eigenvalue weighted by molar-refractivity contribution is -0.122. The van der Waals surface area contributed by atoms with Crippen molar-refractivity contribution >= 4 is 21.8 Å². The number of rotatable bonds is 5. The summed E-state index contributed by atoms with van der Waals surface area (Å²) < 4.78 is 1.07. The van der Waals surface area contributed by atoms with Gasteiger partial charge in [-0.05, 0) is 55.1 Å². The normalized spacial score (nSPS) is 16.7. The van der Waals surface area contributed by atoms with Crippen LogP contribution in [0.3, 0.4) is 0 Å². The van der Waals surface area contributed by atoms with Crippen LogP contribution in [-0.4, -0.2) is 24.4 Å². The van der Waals surface area contributed by atoms with Gasteiger partial charge >= 0.3 is 0 Å². The molecular weight excluding hydrogens is 364 g/mol. The van der Waals surface area contributed by atoms with Gasteiger partial charge in [-0.15, -0.1) is 0 Å². The van der Waals surface area contributed by atoms with Crippen molar-refractivity contribution in [2.45, 2.75) is 31.8 Å². The number of amides is 1. The van der Waals surface area contributed by atoms with Gasteiger partial charge in [-0.2, -0.15) is 0 Å². The molecule has 0 aliphatic heterocycles. The monoisotopic (exact) mass is 386 g/mol. The number of nitrogens with one attached hydrogen (secondary N) is 1. The second-order valence-corrected chi connectivity index (χ2v) is 7.43. The number of benzene rings is 2. The molecular formula is C20H23BrN2O. The van der Waals surface area contributed by atoms with E-state index in [0.29, 0.717) is 6.54 Å². The summed E-state index contributed by atoms with van der Waals surface area (Å²) in [6, 6.07) is 16.8. The molecule has 2 aromatic carbocycles. The van der Waals surface area contributed by atoms with E-state index in [2.05, 4.69) is 57.6 Å². The maximum atomic E-state index is 12.4. The smallest absolute Gasteiger partial charge is 0.234 e. The predicted octanol–water partition coefficient (Wildman–Crippen LogP) is 4.07. The lowest BCUT2D eigenvalue weighted by atomic mass is 9.88. The number of likely N-dealkylation sites (N-methyl/N-ethyl adjacent to an activating group) is 1. The van der Waals surface area contributed by atoms with E-state index >= 15 is 0 Å². The van der Waals surface area contributed by atoms with Crippen molar-refractivity contribution < 1.29 is 4.79 Å². The van der Waals surface area contributed by atoms with Crippen molar-refractivity contribution in [1.29, 1.82) is 0 Å². The van der Waals surface area contributed by atoms with Crippen LogP contribution >= 0.6 is 15.9 Å². The molecule has 1 aliphatic carbocycles. The zero-order chi connectivity index (χ0) is 16.9. The SMILES string of the molecule is CN(CC(=O)N[C@H]1CCCc2ccccc21)Cc1ccc(Br)cc1. The fraction of sp³-hybridized carbons (Fsp3) is 0.350. The molecule has 0 saturated heterocycles. The van der Waals surface area contributed by atoms with E-state index in [-0.39, 0.29) is 11.9 Å². The molecule has 0 unspecified atom stereocenters. The van der Waals surface area contributed by atoms with Gasteiger partial charge in [-0.1, -0.05) is 52.3 Å². The number of fused-ring (bicyclic) bond motifs is 1. The van der Waals surface area contributed by atoms with E-state index in [9.17, 15) is 4.79 Å². The first kappa shape index (κ1) is 17.2. The molecule has 0 spiro atoms. The summed E-state index contributed by atoms with van der Waals surface area (Å²) in [6.07, 6.45) is 3.28. The molecule has 0 heterocycles. The van der Waals surface area contributed by atoms with Crippen LogP contribution in [0.1, 0.15) is 35.6 Å². The second kappa shape index (κ2) is 7.95. The third-order valence-corrected chi connectivity index (χ3v) is 5.01. The van der Waals surface area contributed by atoms with Crippen LogP contribution in [0.25, 0.3) is 0 Å². The van der Waals surface area contributed by atoms with Crippen LogP contribution in [0.15, 0.2) is 53.0 Å². The molecule has 3 nitrogen and oxygen atoms in total. The minimum Gasteiger partial charge on any atom is -0.348 e. The molecule has 0 fully saturated rings. The molecule has 1 N–H and O–H groups in total. The minimum atomic E-state index is 0.0938. The molecule has 4 heteroatoms. The molecule has 2 aromatic rings. The van der Waals surface area contributed by atoms with Crippen molar-refractivity contribution in [3.8, 4) is 0 Å². The largest absolute Gasteiger partial charge is 0.348 e. The van der Waals surface area contributed by atoms with Gasteiger partial charge in [0.1, 0.15) is 0 Å². The summed E-state index contributed by atoms with van der Waals surface area (Å²) >= 11 is 3.44. The zero-order valence-corrected chi connectivity index (χ0v) is 15.6. The molecule has 3 rings (SSSR count). The predicted molar refractivity (Wildman–Crippen MR) is 101 cm³/mol. The summed E-state index contributed by atoms with van der Waals surface area (Å²) in [7, 11) is 1.98. The Morgan fingerprint density at radius 3 is 2.75 bits per heavy atom. The quantitative estimate of drug-likeness (QED) is 0.839. The first-order valence-electron chi connectivity index (χ1n) is 8.42. The highest BCUT2D eigenvalue weighted by molar-refractivity contribution is 9.10. The van der Waals surface area contributed by atoms with Crippen LogP contribution in [0.5, 0.6) is 0 Å². The van der Waals surface area contributed by atoms with E-state index in [1.807, 2.05) is 24.1 Å². The lowest BCUT2D eigenvalue weighted by Crippen LogP contribution is -2.38. The van der Waals surface area contributed by atoms with Gasteiger partial charge < -0.3 is 5.32 Å². The molecule has 0 saturated carbocycles. The summed E-state index contributed by atoms with van der Waals surface area (Å²) in [5.41, 5.74) is 3.86. The Hall–Kier alpha value is -1.65. The Morgan fingerprint density at radius 2 is 1.96 bits per heavy atom. The first-order chi connectivity index (χ1) is 11.6. The van der Waals surface area contributed by atoms with Gasteiger partial charge in [0.05, 0.1) is 12.6 Å². The minimum absolute atomic E-state index is 0.0938. The highest BCUT2D eigenvalue weighted by atomic mass is 79.9. The Bertz CT molecular complexity index is 699. The molecule has 1 aliphatic rings. The third-order valence-electron chi connectivity index (χ3n) is 4.48. The van der Waals surface area contributed by atoms with E-state index in [4.69, 9.17) is 0 Å². The lowest BCUT2D eigenvalue weighted by Gasteiger charge is -2.27. The molecule has 126 valence electrons. The molecule has 1 atom stereocenters. The Kier molecular flexibility index (Phi) is 5.69. The van der Waals surface area contributed by atoms with Crippen LogP contribution < -0.4 is 5.32 Å². The number of carbonyl (C=O) groups excluding carboxylic acids is 1. The van der Waals surface area contributed by atoms with Gasteiger partial charge in [0.25, 0.3) is 0 Å². The Balaban J connectivity index is 1.55. The van der Waals surface area contributed by atoms with Crippen molar-refractivity contribution in [3.63, 3.8) is 0 Å². The highest BCUT2D eigenvalue weighted by Crippen LogP contribution is 2.29. The van der Waals surface area contributed by atoms with Crippen LogP contribution in [0.2, 0.25) is 0 Å². The molecule has 0 bridgehead atoms. The number of nitrogens with zero attached hydrogens (tertiary/aromatic N) is 1. The third kappa shape index (κ3) is 4.46. The van der Waals surface area contributed by atoms with Gasteiger partial charge in [0.2, 0.25) is 5.91 Å². The fourth-order valence-corrected chi connectivity index (χ4v) is 3.61. The Morgan fingerprint density at radius 1 is 1.21 bits per heavy atom. The number of hydrogen-bond acceptors (Lipinski definition) is 2. The number of halogens is 1. The zero-order valence-electron chi connectivity index (χ0n) is 14.0. The standard InChI is InChI=1S/C20H23BrN2O/c1-23(13-15-9-11-17(21)12-10-15)14-20(24)22-19-8-4-6-16-5-2-3-7-18(16)19/h2-3,5,7,9-12,19H,4,6,8,13-14H2,1H3,(H,22,24)/t19-/m0/s1. The number of carbonyl (C=O) groups is 1. The molecule has 24 heavy (non-hydrogen) atoms. The van der Waals surface area contributed by atoms with E-state index in [0.717, 1.165) is 30.3 Å². The average molecular weight is 387 g/mol. The molecule has 0 aromatic heterocycles. The summed E-state index contributed by atoms with van der Waals surface area (Å²) in [4.78, 5) is 14.5. The van der Waals surface area contributed by atoms with E-state index < -0.39 is 0 Å². The Labute approximate surface area is 152 Å². The number of hydrogen-bond donors (Lipinski definition) is 1. The van der Waals surface area contributed by atoms with E-state index in [1.54, 1.807) is 0 Å². The van der Waals surface area contributed by atoms with Gasteiger partial charge in [-0.25, -0.2) is 0 Å². The topological polar surface area (TPSA) is 32.3 Å². The van der Waals surface area contributed by atoms with Crippen molar-refractivity contribution in [1.82, 2.24) is 10.2 Å². The van der Waals surface area contributed by atoms with Gasteiger partial charge in [0.15, 0.2) is 0 Å². The van der Waals surface area contributed by atoms with Crippen molar-refractivity contribution in [3.05, 3.63) is 69.7 Å². The second-order valence-electron chi connectivity index (χ2n) is 6.51. The summed E-state index contributed by atoms with van der Waals surface area (Å²) in [6.45, 7) is 1.18. The molecule has 0 radical (unpaired) electrons. The highest BCUT2D eigenvalue weighted by Gasteiger charge is 2.21. The average Bonchev–Trinajstić information content (AvgIpc) is 2.57. The van der Waals surface area contributed by atoms with Crippen LogP contribution in [-0.2, 0) is 17.8 Å². The van der Waals surface area contributed by atoms with Gasteiger partial charge in [0, 0.05) is 11.0 Å². The summed E-state index contributed by atoms with van der Waals surface area (Å²) in [5.74, 6) is 0.0938. The van der Waals surface area contributed by atoms with Crippen LogP contribution in [0.4, 0.5) is 0 Å². The maximum Gasteiger partial charge on any atom is 0.234 e. The van der Waals surface area contributed by atoms with E-state index in [1.165, 1.54) is 16.7 Å².